The molecule has 122 valence electrons. The van der Waals surface area contributed by atoms with E-state index >= 15 is 0 Å². The Hall–Kier alpha value is -2.28. The van der Waals surface area contributed by atoms with E-state index in [1.54, 1.807) is 25.1 Å². The van der Waals surface area contributed by atoms with Crippen LogP contribution in [0.2, 0.25) is 0 Å². The molecule has 0 aliphatic carbocycles. The summed E-state index contributed by atoms with van der Waals surface area (Å²) in [7, 11) is 0. The predicted molar refractivity (Wildman–Crippen MR) is 85.4 cm³/mol. The summed E-state index contributed by atoms with van der Waals surface area (Å²) in [5.41, 5.74) is 1.33. The van der Waals surface area contributed by atoms with Crippen molar-refractivity contribution in [3.05, 3.63) is 41.0 Å². The van der Waals surface area contributed by atoms with Gasteiger partial charge in [-0.15, -0.1) is 11.8 Å². The maximum absolute atomic E-state index is 12.0. The zero-order chi connectivity index (χ0) is 16.8. The monoisotopic (exact) mass is 335 g/mol. The molecule has 2 rings (SSSR count). The maximum atomic E-state index is 12.0. The number of aromatic carboxylic acids is 1. The molecule has 0 saturated heterocycles. The molecule has 0 radical (unpaired) electrons. The lowest BCUT2D eigenvalue weighted by atomic mass is 10.0. The van der Waals surface area contributed by atoms with Crippen molar-refractivity contribution in [2.45, 2.75) is 18.2 Å². The molecule has 0 saturated carbocycles. The van der Waals surface area contributed by atoms with E-state index in [4.69, 9.17) is 4.74 Å². The number of thioether (sulfide) groups is 1. The Morgan fingerprint density at radius 3 is 2.78 bits per heavy atom. The Morgan fingerprint density at radius 2 is 2.09 bits per heavy atom. The molecule has 1 aromatic carbocycles. The number of esters is 1. The summed E-state index contributed by atoms with van der Waals surface area (Å²) in [6.45, 7) is 2.13. The second-order valence-electron chi connectivity index (χ2n) is 4.85. The Morgan fingerprint density at radius 1 is 1.35 bits per heavy atom. The summed E-state index contributed by atoms with van der Waals surface area (Å²) in [5, 5.41) is 11.8. The van der Waals surface area contributed by atoms with Crippen LogP contribution in [-0.4, -0.2) is 41.9 Å². The van der Waals surface area contributed by atoms with Gasteiger partial charge >= 0.3 is 11.9 Å². The number of nitrogens with one attached hydrogen (secondary N) is 1. The average molecular weight is 335 g/mol. The summed E-state index contributed by atoms with van der Waals surface area (Å²) >= 11 is 1.30. The smallest absolute Gasteiger partial charge is 0.336 e. The largest absolute Gasteiger partial charge is 0.478 e. The van der Waals surface area contributed by atoms with Crippen molar-refractivity contribution >= 4 is 29.6 Å². The molecular formula is C16H17NO5S. The summed E-state index contributed by atoms with van der Waals surface area (Å²) in [6, 6.07) is 6.65. The average Bonchev–Trinajstić information content (AvgIpc) is 2.53. The first-order valence-corrected chi connectivity index (χ1v) is 8.11. The molecule has 0 bridgehead atoms. The molecule has 0 fully saturated rings. The molecule has 0 unspecified atom stereocenters. The van der Waals surface area contributed by atoms with Gasteiger partial charge in [-0.05, 0) is 24.6 Å². The Kier molecular flexibility index (Phi) is 5.81. The van der Waals surface area contributed by atoms with E-state index in [-0.39, 0.29) is 31.0 Å². The molecule has 1 aliphatic rings. The molecule has 0 aromatic heterocycles. The molecular weight excluding hydrogens is 318 g/mol. The molecule has 0 spiro atoms. The second kappa shape index (κ2) is 7.82. The predicted octanol–water partition coefficient (Wildman–Crippen LogP) is 1.86. The topological polar surface area (TPSA) is 92.7 Å². The van der Waals surface area contributed by atoms with Crippen LogP contribution in [0.15, 0.2) is 40.3 Å². The lowest BCUT2D eigenvalue weighted by Gasteiger charge is -2.20. The Bertz CT molecular complexity index is 668. The quantitative estimate of drug-likeness (QED) is 0.609. The number of hydrogen-bond donors (Lipinski definition) is 2. The molecule has 1 heterocycles. The summed E-state index contributed by atoms with van der Waals surface area (Å²) < 4.78 is 5.01. The first-order valence-electron chi connectivity index (χ1n) is 7.12. The van der Waals surface area contributed by atoms with Crippen LogP contribution in [0.1, 0.15) is 23.7 Å². The fourth-order valence-electron chi connectivity index (χ4n) is 2.18. The molecule has 1 aromatic rings. The van der Waals surface area contributed by atoms with E-state index in [0.29, 0.717) is 21.8 Å². The van der Waals surface area contributed by atoms with Crippen molar-refractivity contribution < 1.29 is 24.2 Å². The summed E-state index contributed by atoms with van der Waals surface area (Å²) in [5.74, 6) is -1.23. The van der Waals surface area contributed by atoms with Crippen LogP contribution >= 0.6 is 11.8 Å². The van der Waals surface area contributed by atoms with Gasteiger partial charge in [-0.1, -0.05) is 12.1 Å². The number of ether oxygens (including phenoxy) is 1. The summed E-state index contributed by atoms with van der Waals surface area (Å²) in [4.78, 5) is 35.4. The van der Waals surface area contributed by atoms with E-state index in [9.17, 15) is 19.5 Å². The fraction of sp³-hybridized carbons (Fsp3) is 0.312. The standard InChI is InChI=1S/C16H17NO5S/c1-2-22-16(21)12-8-17-14(18)7-10(12)9-23-13-6-4-3-5-11(13)15(19)20/h3-6H,2,7-9H2,1H3,(H,17,18)(H,19,20). The lowest BCUT2D eigenvalue weighted by molar-refractivity contribution is -0.138. The highest BCUT2D eigenvalue weighted by Gasteiger charge is 2.24. The van der Waals surface area contributed by atoms with Crippen molar-refractivity contribution in [1.29, 1.82) is 0 Å². The van der Waals surface area contributed by atoms with Gasteiger partial charge in [-0.25, -0.2) is 9.59 Å². The highest BCUT2D eigenvalue weighted by molar-refractivity contribution is 7.99. The molecule has 23 heavy (non-hydrogen) atoms. The van der Waals surface area contributed by atoms with Gasteiger partial charge < -0.3 is 15.2 Å². The van der Waals surface area contributed by atoms with E-state index in [2.05, 4.69) is 5.32 Å². The van der Waals surface area contributed by atoms with Crippen molar-refractivity contribution in [1.82, 2.24) is 5.32 Å². The summed E-state index contributed by atoms with van der Waals surface area (Å²) in [6.07, 6.45) is 0.121. The van der Waals surface area contributed by atoms with Crippen molar-refractivity contribution in [3.63, 3.8) is 0 Å². The van der Waals surface area contributed by atoms with Gasteiger partial charge in [0.2, 0.25) is 5.91 Å². The number of carbonyl (C=O) groups excluding carboxylic acids is 2. The SMILES string of the molecule is CCOC(=O)C1=C(CSc2ccccc2C(=O)O)CC(=O)NC1. The van der Waals surface area contributed by atoms with Crippen molar-refractivity contribution in [2.75, 3.05) is 18.9 Å². The van der Waals surface area contributed by atoms with Crippen LogP contribution in [-0.2, 0) is 14.3 Å². The van der Waals surface area contributed by atoms with Gasteiger partial charge in [-0.3, -0.25) is 4.79 Å². The first kappa shape index (κ1) is 17.1. The molecule has 6 nitrogen and oxygen atoms in total. The molecule has 1 amide bonds. The molecule has 0 atom stereocenters. The zero-order valence-corrected chi connectivity index (χ0v) is 13.4. The van der Waals surface area contributed by atoms with Gasteiger partial charge in [0.25, 0.3) is 0 Å². The van der Waals surface area contributed by atoms with Crippen LogP contribution in [0.25, 0.3) is 0 Å². The Balaban J connectivity index is 2.20. The number of benzene rings is 1. The van der Waals surface area contributed by atoms with Gasteiger partial charge in [0.15, 0.2) is 0 Å². The van der Waals surface area contributed by atoms with E-state index in [0.717, 1.165) is 0 Å². The highest BCUT2D eigenvalue weighted by Crippen LogP contribution is 2.28. The number of rotatable bonds is 6. The van der Waals surface area contributed by atoms with Gasteiger partial charge in [0.1, 0.15) is 0 Å². The minimum absolute atomic E-state index is 0.121. The fourth-order valence-corrected chi connectivity index (χ4v) is 3.27. The Labute approximate surface area is 137 Å². The van der Waals surface area contributed by atoms with E-state index in [1.165, 1.54) is 17.8 Å². The molecule has 7 heteroatoms. The third kappa shape index (κ3) is 4.35. The molecule has 2 N–H and O–H groups in total. The molecule has 1 aliphatic heterocycles. The van der Waals surface area contributed by atoms with Crippen molar-refractivity contribution in [2.24, 2.45) is 0 Å². The first-order chi connectivity index (χ1) is 11.0. The third-order valence-corrected chi connectivity index (χ3v) is 4.46. The zero-order valence-electron chi connectivity index (χ0n) is 12.6. The van der Waals surface area contributed by atoms with Crippen LogP contribution in [0.3, 0.4) is 0 Å². The minimum atomic E-state index is -1.01. The van der Waals surface area contributed by atoms with Gasteiger partial charge in [0, 0.05) is 23.6 Å². The second-order valence-corrected chi connectivity index (χ2v) is 5.86. The van der Waals surface area contributed by atoms with E-state index in [1.807, 2.05) is 0 Å². The van der Waals surface area contributed by atoms with Crippen LogP contribution in [0, 0.1) is 0 Å². The van der Waals surface area contributed by atoms with Gasteiger partial charge in [-0.2, -0.15) is 0 Å². The van der Waals surface area contributed by atoms with Crippen LogP contribution < -0.4 is 5.32 Å². The van der Waals surface area contributed by atoms with Crippen LogP contribution in [0.4, 0.5) is 0 Å². The number of carboxylic acid groups (broad SMARTS) is 1. The number of hydrogen-bond acceptors (Lipinski definition) is 5. The van der Waals surface area contributed by atoms with Gasteiger partial charge in [0.05, 0.1) is 17.7 Å². The maximum Gasteiger partial charge on any atom is 0.336 e. The highest BCUT2D eigenvalue weighted by atomic mass is 32.2. The van der Waals surface area contributed by atoms with Crippen molar-refractivity contribution in [3.8, 4) is 0 Å². The lowest BCUT2D eigenvalue weighted by Crippen LogP contribution is -2.34. The number of carboxylic acids is 1. The number of carbonyl (C=O) groups is 3. The number of amides is 1. The minimum Gasteiger partial charge on any atom is -0.478 e. The third-order valence-electron chi connectivity index (χ3n) is 3.30. The van der Waals surface area contributed by atoms with E-state index < -0.39 is 11.9 Å². The normalized spacial score (nSPS) is 14.4. The van der Waals surface area contributed by atoms with Crippen LogP contribution in [0.5, 0.6) is 0 Å².